The predicted molar refractivity (Wildman–Crippen MR) is 177 cm³/mol. The molecular formula is C32H54N4O5S2. The van der Waals surface area contributed by atoms with Gasteiger partial charge in [0.1, 0.15) is 12.6 Å². The van der Waals surface area contributed by atoms with Gasteiger partial charge in [-0.1, -0.05) is 49.6 Å². The quantitative estimate of drug-likeness (QED) is 0.299. The van der Waals surface area contributed by atoms with Gasteiger partial charge in [-0.25, -0.2) is 0 Å². The summed E-state index contributed by atoms with van der Waals surface area (Å²) in [5, 5.41) is 6.01. The van der Waals surface area contributed by atoms with Gasteiger partial charge in [0.2, 0.25) is 18.2 Å². The first-order valence-electron chi connectivity index (χ1n) is 15.5. The average Bonchev–Trinajstić information content (AvgIpc) is 2.98. The number of ether oxygens (including phenoxy) is 1. The Kier molecular flexibility index (Phi) is 17.5. The van der Waals surface area contributed by atoms with E-state index < -0.39 is 22.7 Å². The summed E-state index contributed by atoms with van der Waals surface area (Å²) in [5.41, 5.74) is 1.33. The number of nitrogens with zero attached hydrogens (tertiary/aromatic N) is 2. The van der Waals surface area contributed by atoms with Crippen LogP contribution >= 0.6 is 11.8 Å². The van der Waals surface area contributed by atoms with E-state index in [2.05, 4.69) is 39.8 Å². The van der Waals surface area contributed by atoms with E-state index in [1.807, 2.05) is 26.8 Å². The molecule has 9 nitrogen and oxygen atoms in total. The highest BCUT2D eigenvalue weighted by atomic mass is 32.2. The molecule has 1 aromatic carbocycles. The molecule has 244 valence electrons. The Morgan fingerprint density at radius 1 is 1.12 bits per heavy atom. The van der Waals surface area contributed by atoms with E-state index >= 15 is 0 Å². The molecule has 3 rings (SSSR count). The predicted octanol–water partition coefficient (Wildman–Crippen LogP) is 3.79. The number of nitrogens with one attached hydrogen (secondary N) is 2. The van der Waals surface area contributed by atoms with E-state index in [1.54, 1.807) is 18.9 Å². The summed E-state index contributed by atoms with van der Waals surface area (Å²) in [7, 11) is 0.473. The Balaban J connectivity index is 0.000000973. The SMILES string of the molecule is COC(C)(C)C.CS(=O)CN(C=O)CC(=O)N[C@@H](CSCC1CCCCC1)C(=O)NC1CCN(Cc2ccccc2)CC1. The van der Waals surface area contributed by atoms with Crippen LogP contribution in [-0.4, -0.2) is 100 Å². The zero-order valence-corrected chi connectivity index (χ0v) is 28.5. The highest BCUT2D eigenvalue weighted by Crippen LogP contribution is 2.27. The fourth-order valence-corrected chi connectivity index (χ4v) is 6.93. The largest absolute Gasteiger partial charge is 0.379 e. The molecule has 1 aliphatic carbocycles. The summed E-state index contributed by atoms with van der Waals surface area (Å²) in [6.45, 7) is 8.59. The van der Waals surface area contributed by atoms with E-state index in [0.29, 0.717) is 18.1 Å². The molecule has 0 radical (unpaired) electrons. The van der Waals surface area contributed by atoms with E-state index in [1.165, 1.54) is 48.8 Å². The molecule has 1 heterocycles. The van der Waals surface area contributed by atoms with Crippen molar-refractivity contribution >= 4 is 40.8 Å². The number of rotatable bonds is 14. The molecule has 1 unspecified atom stereocenters. The minimum atomic E-state index is -1.24. The van der Waals surface area contributed by atoms with Crippen molar-refractivity contribution in [3.63, 3.8) is 0 Å². The van der Waals surface area contributed by atoms with Crippen molar-refractivity contribution in [2.45, 2.75) is 89.9 Å². The summed E-state index contributed by atoms with van der Waals surface area (Å²) in [6, 6.07) is 9.82. The van der Waals surface area contributed by atoms with Crippen LogP contribution in [0.5, 0.6) is 0 Å². The minimum Gasteiger partial charge on any atom is -0.379 e. The third kappa shape index (κ3) is 16.6. The topological polar surface area (TPSA) is 108 Å². The molecule has 0 bridgehead atoms. The Hall–Kier alpha value is -1.95. The second-order valence-electron chi connectivity index (χ2n) is 12.6. The van der Waals surface area contributed by atoms with Crippen molar-refractivity contribution in [3.05, 3.63) is 35.9 Å². The molecule has 1 aromatic rings. The molecule has 3 amide bonds. The molecule has 2 fully saturated rings. The second kappa shape index (κ2) is 20.2. The number of methoxy groups -OCH3 is 1. The summed E-state index contributed by atoms with van der Waals surface area (Å²) in [4.78, 5) is 40.8. The number of piperidine rings is 1. The Bertz CT molecular complexity index is 978. The van der Waals surface area contributed by atoms with Crippen LogP contribution in [0.1, 0.15) is 71.3 Å². The number of hydrogen-bond acceptors (Lipinski definition) is 7. The molecule has 1 aliphatic heterocycles. The van der Waals surface area contributed by atoms with Gasteiger partial charge in [-0.05, 0) is 63.7 Å². The van der Waals surface area contributed by atoms with Crippen molar-refractivity contribution in [1.29, 1.82) is 0 Å². The summed E-state index contributed by atoms with van der Waals surface area (Å²) < 4.78 is 16.4. The molecule has 2 atom stereocenters. The number of carbonyl (C=O) groups is 3. The maximum atomic E-state index is 13.3. The summed E-state index contributed by atoms with van der Waals surface area (Å²) in [6.07, 6.45) is 10.1. The van der Waals surface area contributed by atoms with E-state index in [0.717, 1.165) is 38.2 Å². The van der Waals surface area contributed by atoms with Gasteiger partial charge in [-0.15, -0.1) is 0 Å². The smallest absolute Gasteiger partial charge is 0.243 e. The monoisotopic (exact) mass is 638 g/mol. The summed E-state index contributed by atoms with van der Waals surface area (Å²) >= 11 is 1.72. The summed E-state index contributed by atoms with van der Waals surface area (Å²) in [5.74, 6) is 1.59. The fourth-order valence-electron chi connectivity index (χ4n) is 5.04. The van der Waals surface area contributed by atoms with Crippen LogP contribution in [0, 0.1) is 5.92 Å². The molecule has 0 spiro atoms. The molecule has 1 saturated heterocycles. The van der Waals surface area contributed by atoms with Crippen LogP contribution in [-0.2, 0) is 36.5 Å². The minimum absolute atomic E-state index is 0.00817. The number of amides is 3. The van der Waals surface area contributed by atoms with E-state index in [9.17, 15) is 18.6 Å². The maximum Gasteiger partial charge on any atom is 0.243 e. The molecule has 2 aliphatic rings. The lowest BCUT2D eigenvalue weighted by molar-refractivity contribution is -0.131. The van der Waals surface area contributed by atoms with Gasteiger partial charge in [0.15, 0.2) is 0 Å². The van der Waals surface area contributed by atoms with Crippen molar-refractivity contribution in [3.8, 4) is 0 Å². The molecule has 2 N–H and O–H groups in total. The zero-order valence-electron chi connectivity index (χ0n) is 26.8. The first-order chi connectivity index (χ1) is 20.5. The van der Waals surface area contributed by atoms with Crippen molar-refractivity contribution in [1.82, 2.24) is 20.4 Å². The Morgan fingerprint density at radius 3 is 2.30 bits per heavy atom. The first-order valence-corrected chi connectivity index (χ1v) is 18.4. The average molecular weight is 639 g/mol. The van der Waals surface area contributed by atoms with Crippen LogP contribution in [0.15, 0.2) is 30.3 Å². The lowest BCUT2D eigenvalue weighted by Gasteiger charge is -2.33. The molecular weight excluding hydrogens is 585 g/mol. The third-order valence-corrected chi connectivity index (χ3v) is 9.62. The third-order valence-electron chi connectivity index (χ3n) is 7.65. The van der Waals surface area contributed by atoms with Crippen LogP contribution in [0.2, 0.25) is 0 Å². The van der Waals surface area contributed by atoms with Gasteiger partial charge in [-0.2, -0.15) is 11.8 Å². The van der Waals surface area contributed by atoms with Crippen molar-refractivity contribution < 1.29 is 23.3 Å². The number of likely N-dealkylation sites (tertiary alicyclic amines) is 1. The maximum absolute atomic E-state index is 13.3. The number of benzene rings is 1. The van der Waals surface area contributed by atoms with Crippen LogP contribution < -0.4 is 10.6 Å². The van der Waals surface area contributed by atoms with Crippen molar-refractivity contribution in [2.75, 3.05) is 50.4 Å². The van der Waals surface area contributed by atoms with Gasteiger partial charge in [0.25, 0.3) is 0 Å². The van der Waals surface area contributed by atoms with Gasteiger partial charge >= 0.3 is 0 Å². The Morgan fingerprint density at radius 2 is 1.74 bits per heavy atom. The van der Waals surface area contributed by atoms with Crippen molar-refractivity contribution in [2.24, 2.45) is 5.92 Å². The first kappa shape index (κ1) is 37.2. The number of thioether (sulfide) groups is 1. The highest BCUT2D eigenvalue weighted by Gasteiger charge is 2.27. The van der Waals surface area contributed by atoms with Crippen LogP contribution in [0.3, 0.4) is 0 Å². The van der Waals surface area contributed by atoms with Crippen LogP contribution in [0.25, 0.3) is 0 Å². The lowest BCUT2D eigenvalue weighted by atomic mass is 9.91. The molecule has 1 saturated carbocycles. The standard InChI is InChI=1S/C27H42N4O4S2.C5H12O/c1-37(35)21-31(20-32)17-26(33)29-25(19-36-18-23-10-6-3-7-11-23)27(34)28-24-12-14-30(15-13-24)16-22-8-4-2-5-9-22;1-5(2,3)6-4/h2,4-5,8-9,20,23-25H,3,6-7,10-19,21H2,1H3,(H,28,34)(H,29,33);1-4H3/t25-,37?;/m0./s1. The number of hydrogen-bond donors (Lipinski definition) is 2. The van der Waals surface area contributed by atoms with Gasteiger partial charge in [0.05, 0.1) is 11.5 Å². The fraction of sp³-hybridized carbons (Fsp3) is 0.719. The highest BCUT2D eigenvalue weighted by molar-refractivity contribution is 7.99. The second-order valence-corrected chi connectivity index (χ2v) is 15.1. The Labute approximate surface area is 266 Å². The van der Waals surface area contributed by atoms with Crippen LogP contribution in [0.4, 0.5) is 0 Å². The molecule has 0 aromatic heterocycles. The van der Waals surface area contributed by atoms with E-state index in [-0.39, 0.29) is 30.0 Å². The lowest BCUT2D eigenvalue weighted by Crippen LogP contribution is -2.54. The van der Waals surface area contributed by atoms with Gasteiger partial charge in [0, 0.05) is 55.6 Å². The number of carbonyl (C=O) groups excluding carboxylic acids is 3. The van der Waals surface area contributed by atoms with E-state index in [4.69, 9.17) is 4.74 Å². The van der Waals surface area contributed by atoms with Gasteiger partial charge in [-0.3, -0.25) is 23.5 Å². The zero-order chi connectivity index (χ0) is 31.7. The normalized spacial score (nSPS) is 18.1. The molecule has 43 heavy (non-hydrogen) atoms. The molecule has 11 heteroatoms. The van der Waals surface area contributed by atoms with Gasteiger partial charge < -0.3 is 20.3 Å².